The van der Waals surface area contributed by atoms with Crippen LogP contribution in [0.25, 0.3) is 33.1 Å². The Morgan fingerprint density at radius 3 is 1.33 bits per heavy atom. The summed E-state index contributed by atoms with van der Waals surface area (Å²) in [5, 5.41) is 8.94. The van der Waals surface area contributed by atoms with E-state index >= 15 is 0 Å². The third kappa shape index (κ3) is 8.74. The van der Waals surface area contributed by atoms with Crippen LogP contribution in [0.5, 0.6) is 0 Å². The van der Waals surface area contributed by atoms with E-state index in [1.54, 1.807) is 4.57 Å². The molecule has 226 valence electrons. The van der Waals surface area contributed by atoms with Crippen LogP contribution in [0.2, 0.25) is 0 Å². The first-order valence-electron chi connectivity index (χ1n) is 14.3. The van der Waals surface area contributed by atoms with E-state index in [-0.39, 0.29) is 6.61 Å². The predicted molar refractivity (Wildman–Crippen MR) is 177 cm³/mol. The molecular weight excluding hydrogens is 548 g/mol. The lowest BCUT2D eigenvalue weighted by atomic mass is 10.3. The molecule has 3 aromatic carbocycles. The van der Waals surface area contributed by atoms with Crippen LogP contribution in [0, 0.1) is 0 Å². The van der Waals surface area contributed by atoms with Crippen molar-refractivity contribution in [2.24, 2.45) is 21.1 Å². The number of nitrogens with zero attached hydrogens (tertiary/aromatic N) is 6. The van der Waals surface area contributed by atoms with Crippen LogP contribution in [-0.4, -0.2) is 40.0 Å². The van der Waals surface area contributed by atoms with Gasteiger partial charge in [0, 0.05) is 21.1 Å². The summed E-state index contributed by atoms with van der Waals surface area (Å²) in [5.41, 5.74) is 5.98. The largest absolute Gasteiger partial charge is 0.388 e. The summed E-state index contributed by atoms with van der Waals surface area (Å²) in [6, 6.07) is 23.5. The standard InChI is InChI=1S/C9H9ClN2.C9H10N2O.C9H8N2O.3C2H6/c1-12-8-5-3-2-4-7(8)11-9(12)6-10;2*1-11-8-5-3-2-4-7(8)10-9(11)6-12;3*1-2/h2-5H,6H2,1H3;2-5,12H,6H2,1H3;2-6H,1H3;3*1-2H3. The van der Waals surface area contributed by atoms with Crippen molar-refractivity contribution >= 4 is 51.0 Å². The van der Waals surface area contributed by atoms with E-state index in [1.165, 1.54) is 0 Å². The maximum atomic E-state index is 10.5. The van der Waals surface area contributed by atoms with Crippen molar-refractivity contribution in [2.75, 3.05) is 0 Å². The number of aryl methyl sites for hydroxylation is 3. The van der Waals surface area contributed by atoms with E-state index in [2.05, 4.69) is 15.0 Å². The zero-order valence-electron chi connectivity index (χ0n) is 26.3. The van der Waals surface area contributed by atoms with Crippen molar-refractivity contribution in [3.63, 3.8) is 0 Å². The molecule has 0 aliphatic carbocycles. The molecule has 0 unspecified atom stereocenters. The molecule has 0 saturated heterocycles. The molecule has 0 bridgehead atoms. The fourth-order valence-electron chi connectivity index (χ4n) is 3.92. The van der Waals surface area contributed by atoms with Crippen molar-refractivity contribution in [1.82, 2.24) is 28.7 Å². The molecule has 0 spiro atoms. The van der Waals surface area contributed by atoms with Crippen LogP contribution < -0.4 is 0 Å². The molecule has 0 fully saturated rings. The summed E-state index contributed by atoms with van der Waals surface area (Å²) in [5.74, 6) is 2.55. The van der Waals surface area contributed by atoms with Gasteiger partial charge in [-0.2, -0.15) is 0 Å². The van der Waals surface area contributed by atoms with Gasteiger partial charge in [-0.1, -0.05) is 77.9 Å². The third-order valence-electron chi connectivity index (χ3n) is 5.95. The molecule has 0 aliphatic heterocycles. The Morgan fingerprint density at radius 1 is 0.619 bits per heavy atom. The summed E-state index contributed by atoms with van der Waals surface area (Å²) >= 11 is 5.72. The van der Waals surface area contributed by atoms with Crippen LogP contribution >= 0.6 is 11.6 Å². The van der Waals surface area contributed by atoms with Crippen molar-refractivity contribution in [1.29, 1.82) is 0 Å². The number of rotatable bonds is 3. The zero-order valence-corrected chi connectivity index (χ0v) is 27.1. The lowest BCUT2D eigenvalue weighted by molar-refractivity contribution is 0.111. The lowest BCUT2D eigenvalue weighted by Crippen LogP contribution is -1.96. The monoisotopic (exact) mass is 592 g/mol. The van der Waals surface area contributed by atoms with Crippen molar-refractivity contribution in [2.45, 2.75) is 54.0 Å². The Balaban J connectivity index is 0.000000289. The van der Waals surface area contributed by atoms with Crippen LogP contribution in [0.4, 0.5) is 0 Å². The van der Waals surface area contributed by atoms with Crippen molar-refractivity contribution < 1.29 is 9.90 Å². The van der Waals surface area contributed by atoms with E-state index < -0.39 is 0 Å². The second-order valence-electron chi connectivity index (χ2n) is 8.08. The molecule has 0 saturated carbocycles. The minimum Gasteiger partial charge on any atom is -0.388 e. The first-order valence-corrected chi connectivity index (χ1v) is 14.9. The topological polar surface area (TPSA) is 90.8 Å². The fraction of sp³-hybridized carbons (Fsp3) is 0.333. The molecule has 0 aliphatic rings. The van der Waals surface area contributed by atoms with Gasteiger partial charge in [0.1, 0.15) is 18.3 Å². The van der Waals surface area contributed by atoms with E-state index in [0.717, 1.165) is 45.2 Å². The molecule has 0 radical (unpaired) electrons. The van der Waals surface area contributed by atoms with Gasteiger partial charge in [-0.25, -0.2) is 15.0 Å². The van der Waals surface area contributed by atoms with Gasteiger partial charge in [0.2, 0.25) is 0 Å². The van der Waals surface area contributed by atoms with Gasteiger partial charge in [-0.05, 0) is 36.4 Å². The number of imidazole rings is 3. The Hall–Kier alpha value is -4.01. The Bertz CT molecular complexity index is 1550. The Morgan fingerprint density at radius 2 is 0.976 bits per heavy atom. The summed E-state index contributed by atoms with van der Waals surface area (Å²) < 4.78 is 5.69. The van der Waals surface area contributed by atoms with Crippen molar-refractivity contribution in [3.05, 3.63) is 90.3 Å². The number of benzene rings is 3. The number of hydrogen-bond donors (Lipinski definition) is 1. The molecule has 3 heterocycles. The normalized spacial score (nSPS) is 9.60. The summed E-state index contributed by atoms with van der Waals surface area (Å²) in [6.45, 7) is 12.0. The van der Waals surface area contributed by atoms with Gasteiger partial charge in [0.05, 0.1) is 39.0 Å². The molecular formula is C33H45ClN6O2. The second-order valence-corrected chi connectivity index (χ2v) is 8.35. The predicted octanol–water partition coefficient (Wildman–Crippen LogP) is 7.84. The number of carbonyl (C=O) groups excluding carboxylic acids is 1. The lowest BCUT2D eigenvalue weighted by Gasteiger charge is -1.96. The molecule has 1 N–H and O–H groups in total. The maximum Gasteiger partial charge on any atom is 0.185 e. The summed E-state index contributed by atoms with van der Waals surface area (Å²) in [6.07, 6.45) is 0.764. The number of aliphatic hydroxyl groups is 1. The first kappa shape index (κ1) is 36.0. The average Bonchev–Trinajstić information content (AvgIpc) is 3.70. The van der Waals surface area contributed by atoms with Gasteiger partial charge < -0.3 is 18.8 Å². The molecule has 6 aromatic rings. The molecule has 6 rings (SSSR count). The van der Waals surface area contributed by atoms with Crippen LogP contribution in [0.3, 0.4) is 0 Å². The van der Waals surface area contributed by atoms with Gasteiger partial charge in [-0.15, -0.1) is 11.6 Å². The molecule has 9 heteroatoms. The number of fused-ring (bicyclic) bond motifs is 3. The molecule has 3 aromatic heterocycles. The first-order chi connectivity index (χ1) is 20.5. The zero-order chi connectivity index (χ0) is 31.7. The Labute approximate surface area is 254 Å². The van der Waals surface area contributed by atoms with Crippen LogP contribution in [0.15, 0.2) is 72.8 Å². The molecule has 42 heavy (non-hydrogen) atoms. The highest BCUT2D eigenvalue weighted by Gasteiger charge is 2.05. The number of carbonyl (C=O) groups is 1. The number of aldehydes is 1. The molecule has 0 amide bonds. The smallest absolute Gasteiger partial charge is 0.185 e. The van der Waals surface area contributed by atoms with Gasteiger partial charge in [-0.3, -0.25) is 4.79 Å². The third-order valence-corrected chi connectivity index (χ3v) is 6.19. The second kappa shape index (κ2) is 19.2. The minimum absolute atomic E-state index is 0.00875. The quantitative estimate of drug-likeness (QED) is 0.167. The van der Waals surface area contributed by atoms with E-state index in [0.29, 0.717) is 17.5 Å². The number of hydrogen-bond acceptors (Lipinski definition) is 5. The van der Waals surface area contributed by atoms with Crippen LogP contribution in [-0.2, 0) is 33.6 Å². The molecule has 0 atom stereocenters. The van der Waals surface area contributed by atoms with Gasteiger partial charge >= 0.3 is 0 Å². The summed E-state index contributed by atoms with van der Waals surface area (Å²) in [7, 11) is 5.72. The fourth-order valence-corrected chi connectivity index (χ4v) is 4.16. The molecule has 8 nitrogen and oxygen atoms in total. The van der Waals surface area contributed by atoms with Crippen molar-refractivity contribution in [3.8, 4) is 0 Å². The highest BCUT2D eigenvalue weighted by molar-refractivity contribution is 6.16. The van der Waals surface area contributed by atoms with E-state index in [4.69, 9.17) is 16.7 Å². The van der Waals surface area contributed by atoms with Gasteiger partial charge in [0.25, 0.3) is 0 Å². The van der Waals surface area contributed by atoms with E-state index in [9.17, 15) is 4.79 Å². The Kier molecular flexibility index (Phi) is 16.4. The highest BCUT2D eigenvalue weighted by Crippen LogP contribution is 2.15. The number of para-hydroxylation sites is 6. The number of halogens is 1. The number of alkyl halides is 1. The van der Waals surface area contributed by atoms with Gasteiger partial charge in [0.15, 0.2) is 12.1 Å². The SMILES string of the molecule is CC.CC.CC.Cn1c(C=O)nc2ccccc21.Cn1c(CCl)nc2ccccc21.Cn1c(CO)nc2ccccc21. The van der Waals surface area contributed by atoms with E-state index in [1.807, 2.05) is 145 Å². The summed E-state index contributed by atoms with van der Waals surface area (Å²) in [4.78, 5) is 23.2. The van der Waals surface area contributed by atoms with Crippen LogP contribution in [0.1, 0.15) is 63.8 Å². The minimum atomic E-state index is -0.00875. The number of aliphatic hydroxyl groups excluding tert-OH is 1. The number of aromatic nitrogens is 6. The maximum absolute atomic E-state index is 10.5. The highest BCUT2D eigenvalue weighted by atomic mass is 35.5. The average molecular weight is 593 g/mol.